The number of aliphatic hydroxyl groups is 3. The van der Waals surface area contributed by atoms with Gasteiger partial charge < -0.3 is 20.2 Å². The molecule has 9 heteroatoms. The summed E-state index contributed by atoms with van der Waals surface area (Å²) < 4.78 is 26.5. The Labute approximate surface area is 149 Å². The molecule has 26 heavy (non-hydrogen) atoms. The van der Waals surface area contributed by atoms with Crippen molar-refractivity contribution < 1.29 is 24.1 Å². The van der Waals surface area contributed by atoms with Gasteiger partial charge in [-0.05, 0) is 31.0 Å². The van der Waals surface area contributed by atoms with E-state index in [1.165, 1.54) is 12.4 Å². The van der Waals surface area contributed by atoms with E-state index in [1.54, 1.807) is 18.9 Å². The first-order valence-corrected chi connectivity index (χ1v) is 8.17. The number of nitrogens with zero attached hydrogens (tertiary/aromatic N) is 4. The summed E-state index contributed by atoms with van der Waals surface area (Å²) in [5, 5.41) is 31.3. The van der Waals surface area contributed by atoms with Crippen LogP contribution < -0.4 is 4.90 Å². The molecule has 2 aromatic rings. The second-order valence-electron chi connectivity index (χ2n) is 6.51. The molecule has 0 aliphatic heterocycles. The smallest absolute Gasteiger partial charge is 0.228 e. The number of hydrogen-bond donors (Lipinski definition) is 3. The van der Waals surface area contributed by atoms with E-state index < -0.39 is 41.9 Å². The van der Waals surface area contributed by atoms with Gasteiger partial charge in [0.15, 0.2) is 11.6 Å². The van der Waals surface area contributed by atoms with E-state index in [4.69, 9.17) is 0 Å². The number of hydrogen-bond acceptors (Lipinski definition) is 7. The SMILES string of the molecule is Cc1ncnc(N(C)[C@@H]2C[C@H]([C@@H](O)c3ccc(F)c(F)c3)[C@@H](O)[C@H]2O)n1. The zero-order valence-corrected chi connectivity index (χ0v) is 14.3. The lowest BCUT2D eigenvalue weighted by atomic mass is 9.92. The molecule has 1 fully saturated rings. The number of benzene rings is 1. The number of likely N-dealkylation sites (N-methyl/N-ethyl adjacent to an activating group) is 1. The van der Waals surface area contributed by atoms with Crippen molar-refractivity contribution >= 4 is 5.95 Å². The third-order valence-corrected chi connectivity index (χ3v) is 4.88. The Morgan fingerprint density at radius 2 is 1.88 bits per heavy atom. The molecule has 1 saturated carbocycles. The van der Waals surface area contributed by atoms with Crippen LogP contribution in [0.4, 0.5) is 14.7 Å². The first-order valence-electron chi connectivity index (χ1n) is 8.17. The lowest BCUT2D eigenvalue weighted by Crippen LogP contribution is -2.42. The van der Waals surface area contributed by atoms with Crippen LogP contribution in [0.3, 0.4) is 0 Å². The van der Waals surface area contributed by atoms with Gasteiger partial charge in [0.05, 0.1) is 18.2 Å². The van der Waals surface area contributed by atoms with Crippen LogP contribution in [0.1, 0.15) is 23.9 Å². The molecule has 0 amide bonds. The largest absolute Gasteiger partial charge is 0.390 e. The average molecular weight is 366 g/mol. The molecule has 0 bridgehead atoms. The first kappa shape index (κ1) is 18.6. The Bertz CT molecular complexity index is 794. The van der Waals surface area contributed by atoms with Crippen LogP contribution in [0.2, 0.25) is 0 Å². The van der Waals surface area contributed by atoms with Crippen molar-refractivity contribution in [3.05, 3.63) is 47.5 Å². The minimum absolute atomic E-state index is 0.138. The predicted octanol–water partition coefficient (Wildman–Crippen LogP) is 0.738. The highest BCUT2D eigenvalue weighted by Gasteiger charge is 2.47. The van der Waals surface area contributed by atoms with Gasteiger partial charge in [-0.3, -0.25) is 0 Å². The van der Waals surface area contributed by atoms with Crippen LogP contribution in [0.25, 0.3) is 0 Å². The Hall–Kier alpha value is -2.23. The van der Waals surface area contributed by atoms with Gasteiger partial charge in [0.2, 0.25) is 5.95 Å². The molecule has 1 aromatic heterocycles. The fourth-order valence-electron chi connectivity index (χ4n) is 3.37. The molecule has 1 aliphatic rings. The summed E-state index contributed by atoms with van der Waals surface area (Å²) in [6.45, 7) is 1.70. The molecular formula is C17H20F2N4O3. The normalized spacial score (nSPS) is 26.7. The van der Waals surface area contributed by atoms with Crippen molar-refractivity contribution in [2.45, 2.75) is 37.7 Å². The van der Waals surface area contributed by atoms with Crippen LogP contribution in [0.5, 0.6) is 0 Å². The average Bonchev–Trinajstić information content (AvgIpc) is 2.91. The van der Waals surface area contributed by atoms with Crippen molar-refractivity contribution in [1.82, 2.24) is 15.0 Å². The minimum Gasteiger partial charge on any atom is -0.390 e. The van der Waals surface area contributed by atoms with Crippen molar-refractivity contribution in [2.75, 3.05) is 11.9 Å². The molecule has 1 aliphatic carbocycles. The van der Waals surface area contributed by atoms with Crippen LogP contribution in [0.15, 0.2) is 24.5 Å². The van der Waals surface area contributed by atoms with Crippen LogP contribution >= 0.6 is 0 Å². The Morgan fingerprint density at radius 1 is 1.15 bits per heavy atom. The van der Waals surface area contributed by atoms with E-state index in [0.29, 0.717) is 11.8 Å². The highest BCUT2D eigenvalue weighted by molar-refractivity contribution is 5.32. The number of rotatable bonds is 4. The molecule has 3 N–H and O–H groups in total. The number of halogens is 2. The lowest BCUT2D eigenvalue weighted by molar-refractivity contribution is -0.0232. The quantitative estimate of drug-likeness (QED) is 0.733. The zero-order valence-electron chi connectivity index (χ0n) is 14.3. The number of anilines is 1. The maximum atomic E-state index is 13.4. The van der Waals surface area contributed by atoms with E-state index in [2.05, 4.69) is 15.0 Å². The molecule has 0 saturated heterocycles. The van der Waals surface area contributed by atoms with Gasteiger partial charge in [0, 0.05) is 13.0 Å². The standard InChI is InChI=1S/C17H20F2N4O3/c1-8-20-7-21-17(22-8)23(2)13-6-10(15(25)16(13)26)14(24)9-3-4-11(18)12(19)5-9/h3-5,7,10,13-16,24-26H,6H2,1-2H3/t10-,13-,14+,15-,16+/m1/s1. The highest BCUT2D eigenvalue weighted by Crippen LogP contribution is 2.39. The summed E-state index contributed by atoms with van der Waals surface area (Å²) in [5.41, 5.74) is 0.138. The fraction of sp³-hybridized carbons (Fsp3) is 0.471. The maximum absolute atomic E-state index is 13.4. The van der Waals surface area contributed by atoms with Gasteiger partial charge in [-0.25, -0.2) is 18.7 Å². The van der Waals surface area contributed by atoms with Gasteiger partial charge in [0.1, 0.15) is 18.3 Å². The second-order valence-corrected chi connectivity index (χ2v) is 6.51. The number of aryl methyl sites for hydroxylation is 1. The van der Waals surface area contributed by atoms with Crippen LogP contribution in [-0.2, 0) is 0 Å². The van der Waals surface area contributed by atoms with Gasteiger partial charge in [-0.2, -0.15) is 4.98 Å². The van der Waals surface area contributed by atoms with E-state index >= 15 is 0 Å². The molecule has 0 spiro atoms. The number of aliphatic hydroxyl groups excluding tert-OH is 3. The lowest BCUT2D eigenvalue weighted by Gasteiger charge is -2.27. The molecule has 0 radical (unpaired) electrons. The summed E-state index contributed by atoms with van der Waals surface area (Å²) in [4.78, 5) is 13.8. The minimum atomic E-state index is -1.26. The summed E-state index contributed by atoms with van der Waals surface area (Å²) in [7, 11) is 1.67. The van der Waals surface area contributed by atoms with Crippen molar-refractivity contribution in [3.8, 4) is 0 Å². The fourth-order valence-corrected chi connectivity index (χ4v) is 3.37. The first-order chi connectivity index (χ1) is 12.3. The summed E-state index contributed by atoms with van der Waals surface area (Å²) in [6, 6.07) is 2.51. The third-order valence-electron chi connectivity index (χ3n) is 4.88. The second kappa shape index (κ2) is 7.18. The highest BCUT2D eigenvalue weighted by atomic mass is 19.2. The zero-order chi connectivity index (χ0) is 19.0. The molecule has 1 aromatic carbocycles. The van der Waals surface area contributed by atoms with Gasteiger partial charge in [0.25, 0.3) is 0 Å². The van der Waals surface area contributed by atoms with Crippen molar-refractivity contribution in [1.29, 1.82) is 0 Å². The topological polar surface area (TPSA) is 103 Å². The molecule has 140 valence electrons. The molecule has 3 rings (SSSR count). The molecule has 1 heterocycles. The predicted molar refractivity (Wildman–Crippen MR) is 88.2 cm³/mol. The Balaban J connectivity index is 1.81. The maximum Gasteiger partial charge on any atom is 0.228 e. The van der Waals surface area contributed by atoms with Crippen molar-refractivity contribution in [3.63, 3.8) is 0 Å². The van der Waals surface area contributed by atoms with Gasteiger partial charge >= 0.3 is 0 Å². The molecular weight excluding hydrogens is 346 g/mol. The number of aromatic nitrogens is 3. The molecule has 0 unspecified atom stereocenters. The molecule has 7 nitrogen and oxygen atoms in total. The van der Waals surface area contributed by atoms with Crippen LogP contribution in [-0.4, -0.2) is 55.6 Å². The van der Waals surface area contributed by atoms with Crippen LogP contribution in [0, 0.1) is 24.5 Å². The van der Waals surface area contributed by atoms with E-state index in [0.717, 1.165) is 12.1 Å². The summed E-state index contributed by atoms with van der Waals surface area (Å²) in [5.74, 6) is -2.02. The summed E-state index contributed by atoms with van der Waals surface area (Å²) in [6.07, 6.45) is -2.10. The van der Waals surface area contributed by atoms with Crippen molar-refractivity contribution in [2.24, 2.45) is 5.92 Å². The van der Waals surface area contributed by atoms with Gasteiger partial charge in [-0.15, -0.1) is 0 Å². The van der Waals surface area contributed by atoms with E-state index in [9.17, 15) is 24.1 Å². The monoisotopic (exact) mass is 366 g/mol. The third kappa shape index (κ3) is 3.37. The van der Waals surface area contributed by atoms with Gasteiger partial charge in [-0.1, -0.05) is 6.07 Å². The Kier molecular flexibility index (Phi) is 5.12. The molecule has 5 atom stereocenters. The van der Waals surface area contributed by atoms with E-state index in [-0.39, 0.29) is 12.0 Å². The Morgan fingerprint density at radius 3 is 2.54 bits per heavy atom. The van der Waals surface area contributed by atoms with E-state index in [1.807, 2.05) is 0 Å². The summed E-state index contributed by atoms with van der Waals surface area (Å²) >= 11 is 0.